The number of rotatable bonds is 3. The van der Waals surface area contributed by atoms with Gasteiger partial charge in [0.2, 0.25) is 11.7 Å². The third kappa shape index (κ3) is 2.00. The van der Waals surface area contributed by atoms with E-state index >= 15 is 0 Å². The van der Waals surface area contributed by atoms with Crippen LogP contribution in [0.3, 0.4) is 0 Å². The van der Waals surface area contributed by atoms with Gasteiger partial charge in [0.05, 0.1) is 0 Å². The molecule has 62 valence electrons. The molecule has 11 heavy (non-hydrogen) atoms. The zero-order chi connectivity index (χ0) is 8.27. The lowest BCUT2D eigenvalue weighted by atomic mass is 10.3. The molecule has 0 aliphatic heterocycles. The number of alkyl halides is 1. The third-order valence-electron chi connectivity index (χ3n) is 1.30. The fourth-order valence-electron chi connectivity index (χ4n) is 0.745. The van der Waals surface area contributed by atoms with E-state index in [0.29, 0.717) is 5.89 Å². The Morgan fingerprint density at radius 1 is 1.64 bits per heavy atom. The van der Waals surface area contributed by atoms with Crippen LogP contribution in [0.1, 0.15) is 38.2 Å². The average Bonchev–Trinajstić information content (AvgIpc) is 2.37. The van der Waals surface area contributed by atoms with Gasteiger partial charge in [0.1, 0.15) is 0 Å². The van der Waals surface area contributed by atoms with Gasteiger partial charge in [-0.15, -0.1) is 0 Å². The molecule has 1 unspecified atom stereocenters. The standard InChI is InChI=1S/C7H11FN2O/c1-3-4-6-9-7(5(2)8)10-11-6/h5H,3-4H2,1-2H3. The van der Waals surface area contributed by atoms with E-state index < -0.39 is 6.17 Å². The van der Waals surface area contributed by atoms with E-state index in [1.54, 1.807) is 0 Å². The lowest BCUT2D eigenvalue weighted by Crippen LogP contribution is -1.89. The molecule has 0 radical (unpaired) electrons. The summed E-state index contributed by atoms with van der Waals surface area (Å²) in [5, 5.41) is 3.47. The van der Waals surface area contributed by atoms with Gasteiger partial charge in [-0.1, -0.05) is 12.1 Å². The zero-order valence-corrected chi connectivity index (χ0v) is 6.67. The van der Waals surface area contributed by atoms with E-state index in [1.165, 1.54) is 6.92 Å². The molecule has 1 aromatic rings. The largest absolute Gasteiger partial charge is 0.339 e. The fourth-order valence-corrected chi connectivity index (χ4v) is 0.745. The van der Waals surface area contributed by atoms with Crippen LogP contribution >= 0.6 is 0 Å². The number of aryl methyl sites for hydroxylation is 1. The molecule has 0 amide bonds. The quantitative estimate of drug-likeness (QED) is 0.675. The van der Waals surface area contributed by atoms with Gasteiger partial charge in [-0.25, -0.2) is 4.39 Å². The number of halogens is 1. The van der Waals surface area contributed by atoms with Gasteiger partial charge < -0.3 is 4.52 Å². The Bertz CT molecular complexity index is 222. The van der Waals surface area contributed by atoms with Crippen LogP contribution in [0.25, 0.3) is 0 Å². The molecule has 1 heterocycles. The molecule has 1 atom stereocenters. The predicted octanol–water partition coefficient (Wildman–Crippen LogP) is 2.05. The van der Waals surface area contributed by atoms with E-state index in [1.807, 2.05) is 6.92 Å². The SMILES string of the molecule is CCCc1nc(C(C)F)no1. The number of nitrogens with zero attached hydrogens (tertiary/aromatic N) is 2. The van der Waals surface area contributed by atoms with Crippen LogP contribution in [-0.2, 0) is 6.42 Å². The van der Waals surface area contributed by atoms with E-state index in [0.717, 1.165) is 12.8 Å². The van der Waals surface area contributed by atoms with Crippen LogP contribution in [0.2, 0.25) is 0 Å². The van der Waals surface area contributed by atoms with Gasteiger partial charge >= 0.3 is 0 Å². The molecule has 0 saturated carbocycles. The number of hydrogen-bond acceptors (Lipinski definition) is 3. The second-order valence-electron chi connectivity index (χ2n) is 2.41. The molecule has 3 nitrogen and oxygen atoms in total. The summed E-state index contributed by atoms with van der Waals surface area (Å²) in [6, 6.07) is 0. The molecule has 1 rings (SSSR count). The molecule has 0 saturated heterocycles. The maximum atomic E-state index is 12.5. The van der Waals surface area contributed by atoms with Crippen molar-refractivity contribution in [1.29, 1.82) is 0 Å². The molecular formula is C7H11FN2O. The summed E-state index contributed by atoms with van der Waals surface area (Å²) < 4.78 is 17.3. The molecule has 0 spiro atoms. The van der Waals surface area contributed by atoms with Crippen LogP contribution in [0, 0.1) is 0 Å². The first-order valence-corrected chi connectivity index (χ1v) is 3.70. The molecule has 4 heteroatoms. The lowest BCUT2D eigenvalue weighted by molar-refractivity contribution is 0.325. The van der Waals surface area contributed by atoms with Crippen molar-refractivity contribution in [2.24, 2.45) is 0 Å². The summed E-state index contributed by atoms with van der Waals surface area (Å²) >= 11 is 0. The topological polar surface area (TPSA) is 38.9 Å². The second kappa shape index (κ2) is 3.46. The lowest BCUT2D eigenvalue weighted by Gasteiger charge is -1.88. The van der Waals surface area contributed by atoms with Crippen molar-refractivity contribution >= 4 is 0 Å². The third-order valence-corrected chi connectivity index (χ3v) is 1.30. The molecule has 0 bridgehead atoms. The summed E-state index contributed by atoms with van der Waals surface area (Å²) in [5.74, 6) is 0.667. The maximum Gasteiger partial charge on any atom is 0.226 e. The zero-order valence-electron chi connectivity index (χ0n) is 6.67. The Labute approximate surface area is 64.6 Å². The van der Waals surface area contributed by atoms with Gasteiger partial charge in [-0.3, -0.25) is 0 Å². The van der Waals surface area contributed by atoms with Gasteiger partial charge in [-0.05, 0) is 13.3 Å². The molecule has 0 aliphatic carbocycles. The minimum absolute atomic E-state index is 0.147. The smallest absolute Gasteiger partial charge is 0.226 e. The summed E-state index contributed by atoms with van der Waals surface area (Å²) in [6.45, 7) is 3.39. The van der Waals surface area contributed by atoms with Crippen molar-refractivity contribution in [3.63, 3.8) is 0 Å². The van der Waals surface area contributed by atoms with E-state index in [2.05, 4.69) is 10.1 Å². The Hall–Kier alpha value is -0.930. The van der Waals surface area contributed by atoms with E-state index in [9.17, 15) is 4.39 Å². The highest BCUT2D eigenvalue weighted by atomic mass is 19.1. The first kappa shape index (κ1) is 8.17. The Morgan fingerprint density at radius 2 is 2.36 bits per heavy atom. The Balaban J connectivity index is 2.66. The van der Waals surface area contributed by atoms with Crippen LogP contribution < -0.4 is 0 Å². The first-order chi connectivity index (χ1) is 5.24. The van der Waals surface area contributed by atoms with Gasteiger partial charge in [-0.2, -0.15) is 4.98 Å². The van der Waals surface area contributed by atoms with Gasteiger partial charge in [0.15, 0.2) is 6.17 Å². The molecule has 0 N–H and O–H groups in total. The van der Waals surface area contributed by atoms with E-state index in [4.69, 9.17) is 4.52 Å². The van der Waals surface area contributed by atoms with Crippen LogP contribution in [0.4, 0.5) is 4.39 Å². The normalized spacial score (nSPS) is 13.4. The van der Waals surface area contributed by atoms with Crippen LogP contribution in [0.5, 0.6) is 0 Å². The Kier molecular flexibility index (Phi) is 2.57. The van der Waals surface area contributed by atoms with Crippen molar-refractivity contribution in [1.82, 2.24) is 10.1 Å². The monoisotopic (exact) mass is 158 g/mol. The molecule has 0 fully saturated rings. The van der Waals surface area contributed by atoms with Gasteiger partial charge in [0.25, 0.3) is 0 Å². The number of hydrogen-bond donors (Lipinski definition) is 0. The second-order valence-corrected chi connectivity index (χ2v) is 2.41. The van der Waals surface area contributed by atoms with Crippen molar-refractivity contribution in [2.75, 3.05) is 0 Å². The van der Waals surface area contributed by atoms with Crippen LogP contribution in [0.15, 0.2) is 4.52 Å². The maximum absolute atomic E-state index is 12.5. The minimum atomic E-state index is -1.13. The first-order valence-electron chi connectivity index (χ1n) is 3.70. The summed E-state index contributed by atoms with van der Waals surface area (Å²) in [4.78, 5) is 3.85. The predicted molar refractivity (Wildman–Crippen MR) is 37.8 cm³/mol. The fraction of sp³-hybridized carbons (Fsp3) is 0.714. The molecule has 0 aromatic carbocycles. The van der Waals surface area contributed by atoms with Gasteiger partial charge in [0, 0.05) is 6.42 Å². The Morgan fingerprint density at radius 3 is 2.82 bits per heavy atom. The molecular weight excluding hydrogens is 147 g/mol. The molecule has 1 aromatic heterocycles. The summed E-state index contributed by atoms with van der Waals surface area (Å²) in [5.41, 5.74) is 0. The van der Waals surface area contributed by atoms with Crippen molar-refractivity contribution in [3.05, 3.63) is 11.7 Å². The van der Waals surface area contributed by atoms with Crippen molar-refractivity contribution < 1.29 is 8.91 Å². The van der Waals surface area contributed by atoms with Crippen molar-refractivity contribution in [2.45, 2.75) is 32.9 Å². The van der Waals surface area contributed by atoms with E-state index in [-0.39, 0.29) is 5.82 Å². The number of aromatic nitrogens is 2. The highest BCUT2D eigenvalue weighted by Gasteiger charge is 2.10. The highest BCUT2D eigenvalue weighted by molar-refractivity contribution is 4.88. The summed E-state index contributed by atoms with van der Waals surface area (Å²) in [6.07, 6.45) is 0.520. The minimum Gasteiger partial charge on any atom is -0.339 e. The molecule has 0 aliphatic rings. The summed E-state index contributed by atoms with van der Waals surface area (Å²) in [7, 11) is 0. The highest BCUT2D eigenvalue weighted by Crippen LogP contribution is 2.12. The van der Waals surface area contributed by atoms with Crippen molar-refractivity contribution in [3.8, 4) is 0 Å². The average molecular weight is 158 g/mol. The van der Waals surface area contributed by atoms with Crippen LogP contribution in [-0.4, -0.2) is 10.1 Å².